The maximum absolute atomic E-state index is 12.6. The van der Waals surface area contributed by atoms with E-state index in [2.05, 4.69) is 24.1 Å². The molecule has 1 amide bonds. The Morgan fingerprint density at radius 3 is 2.81 bits per heavy atom. The molecule has 0 aliphatic carbocycles. The van der Waals surface area contributed by atoms with Crippen LogP contribution in [-0.2, 0) is 6.54 Å². The summed E-state index contributed by atoms with van der Waals surface area (Å²) >= 11 is 1.41. The van der Waals surface area contributed by atoms with Gasteiger partial charge in [-0.25, -0.2) is 4.98 Å². The molecule has 1 N–H and O–H groups in total. The van der Waals surface area contributed by atoms with E-state index in [1.165, 1.54) is 11.3 Å². The van der Waals surface area contributed by atoms with E-state index < -0.39 is 0 Å². The summed E-state index contributed by atoms with van der Waals surface area (Å²) in [6.45, 7) is 5.39. The second-order valence-electron chi connectivity index (χ2n) is 7.48. The molecule has 2 aromatic carbocycles. The first-order chi connectivity index (χ1) is 15.0. The van der Waals surface area contributed by atoms with Crippen molar-refractivity contribution >= 4 is 17.2 Å². The van der Waals surface area contributed by atoms with Gasteiger partial charge in [-0.15, -0.1) is 11.3 Å². The molecule has 0 saturated heterocycles. The lowest BCUT2D eigenvalue weighted by molar-refractivity contribution is 0.0946. The molecular weight excluding hydrogens is 416 g/mol. The van der Waals surface area contributed by atoms with Crippen LogP contribution in [0.15, 0.2) is 41.8 Å². The van der Waals surface area contributed by atoms with Gasteiger partial charge in [-0.2, -0.15) is 0 Å². The van der Waals surface area contributed by atoms with Gasteiger partial charge in [0, 0.05) is 17.5 Å². The molecule has 0 spiro atoms. The molecule has 3 aromatic rings. The highest BCUT2D eigenvalue weighted by Gasteiger charge is 2.16. The third-order valence-electron chi connectivity index (χ3n) is 4.61. The van der Waals surface area contributed by atoms with Crippen LogP contribution in [0.4, 0.5) is 0 Å². The number of aromatic nitrogens is 1. The largest absolute Gasteiger partial charge is 0.493 e. The van der Waals surface area contributed by atoms with Gasteiger partial charge in [-0.1, -0.05) is 19.9 Å². The number of hydrogen-bond donors (Lipinski definition) is 1. The molecule has 0 fully saturated rings. The number of benzene rings is 2. The van der Waals surface area contributed by atoms with Crippen LogP contribution in [0.25, 0.3) is 10.6 Å². The third kappa shape index (κ3) is 4.91. The molecule has 2 heterocycles. The van der Waals surface area contributed by atoms with Gasteiger partial charge in [0.15, 0.2) is 23.0 Å². The van der Waals surface area contributed by atoms with Crippen molar-refractivity contribution in [1.29, 1.82) is 0 Å². The van der Waals surface area contributed by atoms with Crippen molar-refractivity contribution in [3.05, 3.63) is 53.0 Å². The van der Waals surface area contributed by atoms with Crippen molar-refractivity contribution in [2.75, 3.05) is 20.5 Å². The van der Waals surface area contributed by atoms with Crippen LogP contribution < -0.4 is 24.3 Å². The number of nitrogens with zero attached hydrogens (tertiary/aromatic N) is 1. The van der Waals surface area contributed by atoms with Gasteiger partial charge in [-0.3, -0.25) is 4.79 Å². The number of hydrogen-bond acceptors (Lipinski definition) is 7. The lowest BCUT2D eigenvalue weighted by atomic mass is 10.2. The third-order valence-corrected chi connectivity index (χ3v) is 5.50. The van der Waals surface area contributed by atoms with Gasteiger partial charge >= 0.3 is 0 Å². The van der Waals surface area contributed by atoms with Crippen molar-refractivity contribution in [3.8, 4) is 33.6 Å². The minimum absolute atomic E-state index is 0.225. The van der Waals surface area contributed by atoms with E-state index in [4.69, 9.17) is 18.9 Å². The summed E-state index contributed by atoms with van der Waals surface area (Å²) in [5.74, 6) is 2.93. The Morgan fingerprint density at radius 1 is 1.16 bits per heavy atom. The number of thiazole rings is 1. The molecule has 0 bridgehead atoms. The molecular formula is C23H24N2O5S. The molecule has 0 atom stereocenters. The lowest BCUT2D eigenvalue weighted by Crippen LogP contribution is -2.23. The first kappa shape index (κ1) is 21.0. The highest BCUT2D eigenvalue weighted by atomic mass is 32.1. The first-order valence-electron chi connectivity index (χ1n) is 9.97. The normalized spacial score (nSPS) is 12.1. The zero-order valence-corrected chi connectivity index (χ0v) is 18.5. The van der Waals surface area contributed by atoms with Crippen LogP contribution in [0.2, 0.25) is 0 Å². The van der Waals surface area contributed by atoms with Gasteiger partial charge < -0.3 is 24.3 Å². The van der Waals surface area contributed by atoms with E-state index in [-0.39, 0.29) is 12.7 Å². The summed E-state index contributed by atoms with van der Waals surface area (Å²) in [5, 5.41) is 5.38. The second-order valence-corrected chi connectivity index (χ2v) is 8.34. The fraction of sp³-hybridized carbons (Fsp3) is 0.304. The maximum Gasteiger partial charge on any atom is 0.271 e. The molecule has 8 heteroatoms. The average Bonchev–Trinajstić information content (AvgIpc) is 3.45. The molecule has 7 nitrogen and oxygen atoms in total. The molecule has 0 saturated carbocycles. The zero-order chi connectivity index (χ0) is 21.8. The van der Waals surface area contributed by atoms with Crippen molar-refractivity contribution in [1.82, 2.24) is 10.3 Å². The number of ether oxygens (including phenoxy) is 4. The lowest BCUT2D eigenvalue weighted by Gasteiger charge is -2.13. The standard InChI is InChI=1S/C23H24N2O5S/c1-14(2)11-28-18-7-5-16(9-20(18)27-3)23-25-17(12-31-23)22(26)24-10-15-4-6-19-21(8-15)30-13-29-19/h4-9,12,14H,10-11,13H2,1-3H3,(H,24,26). The van der Waals surface area contributed by atoms with E-state index in [0.29, 0.717) is 42.0 Å². The summed E-state index contributed by atoms with van der Waals surface area (Å²) in [4.78, 5) is 17.1. The van der Waals surface area contributed by atoms with Gasteiger partial charge in [0.2, 0.25) is 6.79 Å². The van der Waals surface area contributed by atoms with Crippen LogP contribution in [0, 0.1) is 5.92 Å². The van der Waals surface area contributed by atoms with E-state index in [1.807, 2.05) is 36.4 Å². The highest BCUT2D eigenvalue weighted by Crippen LogP contribution is 2.34. The Bertz CT molecular complexity index is 1080. The predicted molar refractivity (Wildman–Crippen MR) is 118 cm³/mol. The fourth-order valence-electron chi connectivity index (χ4n) is 3.01. The van der Waals surface area contributed by atoms with Crippen LogP contribution in [0.1, 0.15) is 29.9 Å². The molecule has 4 rings (SSSR count). The summed E-state index contributed by atoms with van der Waals surface area (Å²) in [6.07, 6.45) is 0. The first-order valence-corrected chi connectivity index (χ1v) is 10.8. The number of fused-ring (bicyclic) bond motifs is 1. The number of carbonyl (C=O) groups excluding carboxylic acids is 1. The summed E-state index contributed by atoms with van der Waals surface area (Å²) < 4.78 is 21.9. The van der Waals surface area contributed by atoms with E-state index in [9.17, 15) is 4.79 Å². The Kier molecular flexibility index (Phi) is 6.27. The smallest absolute Gasteiger partial charge is 0.271 e. The predicted octanol–water partition coefficient (Wildman–Crippen LogP) is 4.51. The van der Waals surface area contributed by atoms with Crippen LogP contribution in [-0.4, -0.2) is 31.4 Å². The number of methoxy groups -OCH3 is 1. The van der Waals surface area contributed by atoms with Crippen molar-refractivity contribution in [2.24, 2.45) is 5.92 Å². The number of nitrogens with one attached hydrogen (secondary N) is 1. The molecule has 162 valence electrons. The summed E-state index contributed by atoms with van der Waals surface area (Å²) in [6, 6.07) is 11.3. The van der Waals surface area contributed by atoms with Crippen LogP contribution in [0.5, 0.6) is 23.0 Å². The van der Waals surface area contributed by atoms with Gasteiger partial charge in [-0.05, 0) is 41.8 Å². The Morgan fingerprint density at radius 2 is 2.00 bits per heavy atom. The molecule has 1 aliphatic rings. The summed E-state index contributed by atoms with van der Waals surface area (Å²) in [5.41, 5.74) is 2.17. The minimum atomic E-state index is -0.232. The minimum Gasteiger partial charge on any atom is -0.493 e. The number of amides is 1. The molecule has 0 unspecified atom stereocenters. The highest BCUT2D eigenvalue weighted by molar-refractivity contribution is 7.13. The molecule has 1 aromatic heterocycles. The average molecular weight is 441 g/mol. The van der Waals surface area contributed by atoms with E-state index in [1.54, 1.807) is 12.5 Å². The van der Waals surface area contributed by atoms with Crippen LogP contribution in [0.3, 0.4) is 0 Å². The quantitative estimate of drug-likeness (QED) is 0.555. The van der Waals surface area contributed by atoms with Gasteiger partial charge in [0.05, 0.1) is 13.7 Å². The Hall–Kier alpha value is -3.26. The topological polar surface area (TPSA) is 78.9 Å². The Balaban J connectivity index is 1.42. The molecule has 0 radical (unpaired) electrons. The second kappa shape index (κ2) is 9.26. The van der Waals surface area contributed by atoms with Crippen LogP contribution >= 0.6 is 11.3 Å². The monoisotopic (exact) mass is 440 g/mol. The SMILES string of the molecule is COc1cc(-c2nc(C(=O)NCc3ccc4c(c3)OCO4)cs2)ccc1OCC(C)C. The fourth-order valence-corrected chi connectivity index (χ4v) is 3.81. The van der Waals surface area contributed by atoms with Crippen molar-refractivity contribution in [3.63, 3.8) is 0 Å². The van der Waals surface area contributed by atoms with E-state index in [0.717, 1.165) is 21.9 Å². The van der Waals surface area contributed by atoms with E-state index >= 15 is 0 Å². The van der Waals surface area contributed by atoms with Crippen molar-refractivity contribution in [2.45, 2.75) is 20.4 Å². The van der Waals surface area contributed by atoms with Gasteiger partial charge in [0.25, 0.3) is 5.91 Å². The summed E-state index contributed by atoms with van der Waals surface area (Å²) in [7, 11) is 1.61. The Labute approximate surface area is 184 Å². The number of rotatable bonds is 8. The molecule has 31 heavy (non-hydrogen) atoms. The zero-order valence-electron chi connectivity index (χ0n) is 17.6. The molecule has 1 aliphatic heterocycles. The van der Waals surface area contributed by atoms with Gasteiger partial charge in [0.1, 0.15) is 10.7 Å². The maximum atomic E-state index is 12.6. The number of carbonyl (C=O) groups is 1. The van der Waals surface area contributed by atoms with Crippen molar-refractivity contribution < 1.29 is 23.7 Å².